The zero-order chi connectivity index (χ0) is 12.5. The minimum atomic E-state index is -0.233. The SMILES string of the molecule is CC(N)c1nc(C2COc3ccccc3C2)no1. The molecule has 0 spiro atoms. The van der Waals surface area contributed by atoms with Crippen LogP contribution in [0.5, 0.6) is 5.75 Å². The molecule has 2 atom stereocenters. The monoisotopic (exact) mass is 245 g/mol. The van der Waals surface area contributed by atoms with E-state index in [9.17, 15) is 0 Å². The molecule has 2 N–H and O–H groups in total. The third kappa shape index (κ3) is 1.97. The Kier molecular flexibility index (Phi) is 2.76. The van der Waals surface area contributed by atoms with Crippen molar-refractivity contribution in [3.8, 4) is 5.75 Å². The number of hydrogen-bond donors (Lipinski definition) is 1. The Morgan fingerprint density at radius 2 is 2.22 bits per heavy atom. The Morgan fingerprint density at radius 3 is 3.00 bits per heavy atom. The quantitative estimate of drug-likeness (QED) is 0.873. The van der Waals surface area contributed by atoms with Gasteiger partial charge in [0.05, 0.1) is 18.6 Å². The standard InChI is InChI=1S/C13H15N3O2/c1-8(14)13-15-12(16-18-13)10-6-9-4-2-3-5-11(9)17-7-10/h2-5,8,10H,6-7,14H2,1H3. The van der Waals surface area contributed by atoms with Crippen LogP contribution in [-0.2, 0) is 6.42 Å². The van der Waals surface area contributed by atoms with Crippen LogP contribution in [0.1, 0.15) is 36.2 Å². The van der Waals surface area contributed by atoms with E-state index in [4.69, 9.17) is 15.0 Å². The maximum atomic E-state index is 5.71. The van der Waals surface area contributed by atoms with E-state index in [1.54, 1.807) is 0 Å². The number of ether oxygens (including phenoxy) is 1. The third-order valence-electron chi connectivity index (χ3n) is 3.09. The van der Waals surface area contributed by atoms with Crippen LogP contribution in [0.2, 0.25) is 0 Å². The predicted molar refractivity (Wildman–Crippen MR) is 65.3 cm³/mol. The second-order valence-corrected chi connectivity index (χ2v) is 4.60. The maximum Gasteiger partial charge on any atom is 0.243 e. The molecule has 0 fully saturated rings. The highest BCUT2D eigenvalue weighted by molar-refractivity contribution is 5.36. The topological polar surface area (TPSA) is 74.2 Å². The summed E-state index contributed by atoms with van der Waals surface area (Å²) < 4.78 is 10.8. The van der Waals surface area contributed by atoms with Gasteiger partial charge in [0.15, 0.2) is 5.82 Å². The minimum absolute atomic E-state index is 0.135. The van der Waals surface area contributed by atoms with E-state index in [1.165, 1.54) is 5.56 Å². The first kappa shape index (κ1) is 11.2. The molecular weight excluding hydrogens is 230 g/mol. The number of benzene rings is 1. The largest absolute Gasteiger partial charge is 0.493 e. The highest BCUT2D eigenvalue weighted by atomic mass is 16.5. The Balaban J connectivity index is 1.83. The van der Waals surface area contributed by atoms with Gasteiger partial charge < -0.3 is 15.0 Å². The van der Waals surface area contributed by atoms with E-state index in [2.05, 4.69) is 16.2 Å². The van der Waals surface area contributed by atoms with Crippen molar-refractivity contribution in [1.29, 1.82) is 0 Å². The van der Waals surface area contributed by atoms with Gasteiger partial charge in [0.1, 0.15) is 5.75 Å². The minimum Gasteiger partial charge on any atom is -0.493 e. The van der Waals surface area contributed by atoms with Crippen LogP contribution in [0, 0.1) is 0 Å². The summed E-state index contributed by atoms with van der Waals surface area (Å²) in [7, 11) is 0. The van der Waals surface area contributed by atoms with E-state index in [0.29, 0.717) is 18.3 Å². The molecule has 2 unspecified atom stereocenters. The number of para-hydroxylation sites is 1. The van der Waals surface area contributed by atoms with Crippen LogP contribution in [0.3, 0.4) is 0 Å². The number of fused-ring (bicyclic) bond motifs is 1. The number of rotatable bonds is 2. The molecule has 1 aliphatic heterocycles. The van der Waals surface area contributed by atoms with Gasteiger partial charge in [0.25, 0.3) is 0 Å². The van der Waals surface area contributed by atoms with Crippen molar-refractivity contribution in [2.24, 2.45) is 5.73 Å². The average molecular weight is 245 g/mol. The number of nitrogens with two attached hydrogens (primary N) is 1. The van der Waals surface area contributed by atoms with Crippen LogP contribution in [0.25, 0.3) is 0 Å². The fourth-order valence-electron chi connectivity index (χ4n) is 2.09. The fourth-order valence-corrected chi connectivity index (χ4v) is 2.09. The first-order valence-electron chi connectivity index (χ1n) is 6.04. The molecule has 3 rings (SSSR count). The van der Waals surface area contributed by atoms with Crippen LogP contribution in [0.4, 0.5) is 0 Å². The van der Waals surface area contributed by atoms with Gasteiger partial charge in [0.2, 0.25) is 5.89 Å². The first-order valence-corrected chi connectivity index (χ1v) is 6.04. The van der Waals surface area contributed by atoms with Gasteiger partial charge in [-0.15, -0.1) is 0 Å². The fraction of sp³-hybridized carbons (Fsp3) is 0.385. The van der Waals surface area contributed by atoms with E-state index >= 15 is 0 Å². The summed E-state index contributed by atoms with van der Waals surface area (Å²) in [4.78, 5) is 4.32. The van der Waals surface area contributed by atoms with Crippen molar-refractivity contribution in [3.05, 3.63) is 41.5 Å². The van der Waals surface area contributed by atoms with Crippen molar-refractivity contribution < 1.29 is 9.26 Å². The highest BCUT2D eigenvalue weighted by Crippen LogP contribution is 2.31. The van der Waals surface area contributed by atoms with Crippen molar-refractivity contribution >= 4 is 0 Å². The van der Waals surface area contributed by atoms with Gasteiger partial charge in [0, 0.05) is 0 Å². The lowest BCUT2D eigenvalue weighted by Gasteiger charge is -2.22. The van der Waals surface area contributed by atoms with Crippen LogP contribution >= 0.6 is 0 Å². The van der Waals surface area contributed by atoms with Gasteiger partial charge in [-0.1, -0.05) is 23.4 Å². The molecule has 2 heterocycles. The summed E-state index contributed by atoms with van der Waals surface area (Å²) in [5, 5.41) is 3.99. The summed E-state index contributed by atoms with van der Waals surface area (Å²) in [6.07, 6.45) is 0.869. The highest BCUT2D eigenvalue weighted by Gasteiger charge is 2.25. The molecule has 0 aliphatic carbocycles. The van der Waals surface area contributed by atoms with E-state index < -0.39 is 0 Å². The summed E-state index contributed by atoms with van der Waals surface area (Å²) in [6, 6.07) is 7.79. The van der Waals surface area contributed by atoms with Crippen molar-refractivity contribution in [3.63, 3.8) is 0 Å². The van der Waals surface area contributed by atoms with E-state index in [1.807, 2.05) is 25.1 Å². The zero-order valence-electron chi connectivity index (χ0n) is 10.2. The summed E-state index contributed by atoms with van der Waals surface area (Å²) in [5.41, 5.74) is 6.89. The van der Waals surface area contributed by atoms with Crippen molar-refractivity contribution in [1.82, 2.24) is 10.1 Å². The number of hydrogen-bond acceptors (Lipinski definition) is 5. The number of nitrogens with zero attached hydrogens (tertiary/aromatic N) is 2. The zero-order valence-corrected chi connectivity index (χ0v) is 10.2. The molecule has 0 bridgehead atoms. The smallest absolute Gasteiger partial charge is 0.243 e. The van der Waals surface area contributed by atoms with Gasteiger partial charge in [-0.25, -0.2) is 0 Å². The first-order chi connectivity index (χ1) is 8.74. The Hall–Kier alpha value is -1.88. The molecule has 1 aliphatic rings. The molecule has 1 aromatic carbocycles. The average Bonchev–Trinajstić information content (AvgIpc) is 2.88. The van der Waals surface area contributed by atoms with Gasteiger partial charge in [-0.2, -0.15) is 4.98 Å². The van der Waals surface area contributed by atoms with Crippen LogP contribution in [-0.4, -0.2) is 16.7 Å². The summed E-state index contributed by atoms with van der Waals surface area (Å²) in [5.74, 6) is 2.24. The second-order valence-electron chi connectivity index (χ2n) is 4.60. The molecule has 0 saturated carbocycles. The molecule has 0 radical (unpaired) electrons. The third-order valence-corrected chi connectivity index (χ3v) is 3.09. The van der Waals surface area contributed by atoms with Crippen molar-refractivity contribution in [2.45, 2.75) is 25.3 Å². The summed E-state index contributed by atoms with van der Waals surface area (Å²) in [6.45, 7) is 2.40. The Morgan fingerprint density at radius 1 is 1.39 bits per heavy atom. The van der Waals surface area contributed by atoms with Crippen LogP contribution in [0.15, 0.2) is 28.8 Å². The van der Waals surface area contributed by atoms with Gasteiger partial charge in [-0.3, -0.25) is 0 Å². The van der Waals surface area contributed by atoms with E-state index in [0.717, 1.165) is 12.2 Å². The molecule has 5 heteroatoms. The maximum absolute atomic E-state index is 5.71. The number of aromatic nitrogens is 2. The molecule has 1 aromatic heterocycles. The Labute approximate surface area is 105 Å². The molecule has 0 amide bonds. The lowest BCUT2D eigenvalue weighted by molar-refractivity contribution is 0.253. The second kappa shape index (κ2) is 4.42. The molecule has 0 saturated heterocycles. The predicted octanol–water partition coefficient (Wildman–Crippen LogP) is 1.81. The molecule has 2 aromatic rings. The normalized spacial score (nSPS) is 20.0. The van der Waals surface area contributed by atoms with Crippen molar-refractivity contribution in [2.75, 3.05) is 6.61 Å². The van der Waals surface area contributed by atoms with E-state index in [-0.39, 0.29) is 12.0 Å². The lowest BCUT2D eigenvalue weighted by Crippen LogP contribution is -2.20. The van der Waals surface area contributed by atoms with Gasteiger partial charge >= 0.3 is 0 Å². The molecule has 18 heavy (non-hydrogen) atoms. The van der Waals surface area contributed by atoms with Gasteiger partial charge in [-0.05, 0) is 25.0 Å². The molecule has 94 valence electrons. The molecular formula is C13H15N3O2. The summed E-state index contributed by atoms with van der Waals surface area (Å²) >= 11 is 0. The Bertz CT molecular complexity index is 551. The van der Waals surface area contributed by atoms with Crippen LogP contribution < -0.4 is 10.5 Å². The molecule has 5 nitrogen and oxygen atoms in total. The lowest BCUT2D eigenvalue weighted by atomic mass is 9.96.